The number of carboxylic acid groups (broad SMARTS) is 1. The lowest BCUT2D eigenvalue weighted by molar-refractivity contribution is -0.137. The van der Waals surface area contributed by atoms with Gasteiger partial charge >= 0.3 is 5.97 Å². The molecule has 0 bridgehead atoms. The van der Waals surface area contributed by atoms with Crippen LogP contribution in [0.4, 0.5) is 0 Å². The third kappa shape index (κ3) is 3.31. The Morgan fingerprint density at radius 3 is 2.57 bits per heavy atom. The Bertz CT molecular complexity index is 688. The fraction of sp³-hybridized carbons (Fsp3) is 0.267. The van der Waals surface area contributed by atoms with Gasteiger partial charge in [0, 0.05) is 24.7 Å². The van der Waals surface area contributed by atoms with Crippen molar-refractivity contribution in [2.75, 3.05) is 13.1 Å². The summed E-state index contributed by atoms with van der Waals surface area (Å²) in [6, 6.07) is 7.26. The van der Waals surface area contributed by atoms with Crippen LogP contribution in [0, 0.1) is 0 Å². The zero-order valence-corrected chi connectivity index (χ0v) is 12.3. The Morgan fingerprint density at radius 1 is 1.29 bits per heavy atom. The van der Waals surface area contributed by atoms with Crippen LogP contribution >= 0.6 is 11.6 Å². The molecule has 2 rings (SSSR count). The highest BCUT2D eigenvalue weighted by Crippen LogP contribution is 2.25. The number of aromatic nitrogens is 1. The van der Waals surface area contributed by atoms with Gasteiger partial charge in [-0.05, 0) is 12.3 Å². The predicted octanol–water partition coefficient (Wildman–Crippen LogP) is 2.83. The maximum absolute atomic E-state index is 12.6. The van der Waals surface area contributed by atoms with Gasteiger partial charge < -0.3 is 10.0 Å². The SMILES string of the molecule is CCN(CCC(=O)O)C(=O)c1cnc(Cl)c2ccccc12. The molecular formula is C15H15ClN2O3. The minimum Gasteiger partial charge on any atom is -0.481 e. The molecular weight excluding hydrogens is 292 g/mol. The Morgan fingerprint density at radius 2 is 1.95 bits per heavy atom. The zero-order valence-electron chi connectivity index (χ0n) is 11.5. The number of carbonyl (C=O) groups is 2. The molecule has 0 aliphatic carbocycles. The first-order valence-corrected chi connectivity index (χ1v) is 6.96. The second-order valence-corrected chi connectivity index (χ2v) is 4.89. The summed E-state index contributed by atoms with van der Waals surface area (Å²) in [4.78, 5) is 28.8. The molecule has 1 aromatic heterocycles. The van der Waals surface area contributed by atoms with Crippen LogP contribution in [-0.4, -0.2) is 40.0 Å². The maximum atomic E-state index is 12.6. The number of halogens is 1. The summed E-state index contributed by atoms with van der Waals surface area (Å²) in [6.07, 6.45) is 1.36. The fourth-order valence-corrected chi connectivity index (χ4v) is 2.35. The van der Waals surface area contributed by atoms with E-state index in [-0.39, 0.29) is 18.9 Å². The Kier molecular flexibility index (Phi) is 4.75. The van der Waals surface area contributed by atoms with E-state index >= 15 is 0 Å². The van der Waals surface area contributed by atoms with Crippen molar-refractivity contribution in [2.24, 2.45) is 0 Å². The van der Waals surface area contributed by atoms with Crippen molar-refractivity contribution < 1.29 is 14.7 Å². The van der Waals surface area contributed by atoms with E-state index in [2.05, 4.69) is 4.98 Å². The lowest BCUT2D eigenvalue weighted by atomic mass is 10.1. The monoisotopic (exact) mass is 306 g/mol. The molecule has 0 fully saturated rings. The Hall–Kier alpha value is -2.14. The van der Waals surface area contributed by atoms with Crippen LogP contribution in [0.2, 0.25) is 5.15 Å². The molecule has 0 spiro atoms. The number of rotatable bonds is 5. The van der Waals surface area contributed by atoms with Gasteiger partial charge in [0.05, 0.1) is 12.0 Å². The van der Waals surface area contributed by atoms with Gasteiger partial charge in [-0.2, -0.15) is 0 Å². The third-order valence-corrected chi connectivity index (χ3v) is 3.54. The van der Waals surface area contributed by atoms with Crippen LogP contribution in [0.25, 0.3) is 10.8 Å². The molecule has 21 heavy (non-hydrogen) atoms. The van der Waals surface area contributed by atoms with Crippen molar-refractivity contribution in [3.63, 3.8) is 0 Å². The number of carboxylic acids is 1. The van der Waals surface area contributed by atoms with Crippen LogP contribution in [0.3, 0.4) is 0 Å². The number of hydrogen-bond acceptors (Lipinski definition) is 3. The van der Waals surface area contributed by atoms with Crippen LogP contribution < -0.4 is 0 Å². The van der Waals surface area contributed by atoms with Crippen LogP contribution in [0.15, 0.2) is 30.5 Å². The van der Waals surface area contributed by atoms with Crippen molar-refractivity contribution >= 4 is 34.2 Å². The molecule has 1 aromatic carbocycles. The molecule has 1 amide bonds. The van der Waals surface area contributed by atoms with Crippen LogP contribution in [0.1, 0.15) is 23.7 Å². The highest BCUT2D eigenvalue weighted by atomic mass is 35.5. The third-order valence-electron chi connectivity index (χ3n) is 3.24. The molecule has 0 aliphatic rings. The highest BCUT2D eigenvalue weighted by molar-refractivity contribution is 6.34. The first-order valence-electron chi connectivity index (χ1n) is 6.59. The van der Waals surface area contributed by atoms with Crippen molar-refractivity contribution in [1.29, 1.82) is 0 Å². The largest absolute Gasteiger partial charge is 0.481 e. The van der Waals surface area contributed by atoms with Gasteiger partial charge in [-0.15, -0.1) is 0 Å². The fourth-order valence-electron chi connectivity index (χ4n) is 2.13. The van der Waals surface area contributed by atoms with E-state index in [0.29, 0.717) is 22.6 Å². The summed E-state index contributed by atoms with van der Waals surface area (Å²) in [5.41, 5.74) is 0.433. The quantitative estimate of drug-likeness (QED) is 0.862. The molecule has 0 aliphatic heterocycles. The van der Waals surface area contributed by atoms with Gasteiger partial charge in [0.1, 0.15) is 5.15 Å². The lowest BCUT2D eigenvalue weighted by Gasteiger charge is -2.20. The minimum atomic E-state index is -0.930. The number of amides is 1. The van der Waals surface area contributed by atoms with Gasteiger partial charge in [-0.25, -0.2) is 4.98 Å². The summed E-state index contributed by atoms with van der Waals surface area (Å²) >= 11 is 6.04. The minimum absolute atomic E-state index is 0.0848. The number of benzene rings is 1. The summed E-state index contributed by atoms with van der Waals surface area (Å²) < 4.78 is 0. The molecule has 0 saturated carbocycles. The summed E-state index contributed by atoms with van der Waals surface area (Å²) in [5, 5.41) is 10.5. The first-order chi connectivity index (χ1) is 10.0. The van der Waals surface area contributed by atoms with Crippen molar-refractivity contribution in [2.45, 2.75) is 13.3 Å². The first kappa shape index (κ1) is 15.3. The summed E-state index contributed by atoms with van der Waals surface area (Å²) in [5.74, 6) is -1.17. The summed E-state index contributed by atoms with van der Waals surface area (Å²) in [7, 11) is 0. The molecule has 1 heterocycles. The standard InChI is InChI=1S/C15H15ClN2O3/c1-2-18(8-7-13(19)20)15(21)12-9-17-14(16)11-6-4-3-5-10(11)12/h3-6,9H,2,7-8H2,1H3,(H,19,20). The molecule has 0 radical (unpaired) electrons. The van der Waals surface area contributed by atoms with Gasteiger partial charge in [0.15, 0.2) is 0 Å². The normalized spacial score (nSPS) is 10.6. The van der Waals surface area contributed by atoms with E-state index in [1.807, 2.05) is 19.1 Å². The number of hydrogen-bond donors (Lipinski definition) is 1. The molecule has 5 nitrogen and oxygen atoms in total. The second-order valence-electron chi connectivity index (χ2n) is 4.54. The Balaban J connectivity index is 2.38. The van der Waals surface area contributed by atoms with Crippen molar-refractivity contribution in [3.8, 4) is 0 Å². The Labute approximate surface area is 127 Å². The van der Waals surface area contributed by atoms with E-state index in [0.717, 1.165) is 5.39 Å². The molecule has 0 atom stereocenters. The number of fused-ring (bicyclic) bond motifs is 1. The van der Waals surface area contributed by atoms with Gasteiger partial charge in [0.2, 0.25) is 0 Å². The van der Waals surface area contributed by atoms with Gasteiger partial charge in [-0.3, -0.25) is 9.59 Å². The van der Waals surface area contributed by atoms with Gasteiger partial charge in [0.25, 0.3) is 5.91 Å². The lowest BCUT2D eigenvalue weighted by Crippen LogP contribution is -2.33. The molecule has 6 heteroatoms. The molecule has 110 valence electrons. The average molecular weight is 307 g/mol. The zero-order chi connectivity index (χ0) is 15.4. The van der Waals surface area contributed by atoms with Crippen LogP contribution in [-0.2, 0) is 4.79 Å². The molecule has 1 N–H and O–H groups in total. The second kappa shape index (κ2) is 6.54. The van der Waals surface area contributed by atoms with Crippen molar-refractivity contribution in [3.05, 3.63) is 41.2 Å². The predicted molar refractivity (Wildman–Crippen MR) is 80.6 cm³/mol. The van der Waals surface area contributed by atoms with Crippen molar-refractivity contribution in [1.82, 2.24) is 9.88 Å². The average Bonchev–Trinajstić information content (AvgIpc) is 2.48. The maximum Gasteiger partial charge on any atom is 0.305 e. The van der Waals surface area contributed by atoms with E-state index in [1.54, 1.807) is 12.1 Å². The molecule has 0 saturated heterocycles. The number of aliphatic carboxylic acids is 1. The number of nitrogens with zero attached hydrogens (tertiary/aromatic N) is 2. The number of carbonyl (C=O) groups excluding carboxylic acids is 1. The van der Waals surface area contributed by atoms with E-state index < -0.39 is 5.97 Å². The van der Waals surface area contributed by atoms with Crippen LogP contribution in [0.5, 0.6) is 0 Å². The topological polar surface area (TPSA) is 70.5 Å². The van der Waals surface area contributed by atoms with E-state index in [9.17, 15) is 9.59 Å². The smallest absolute Gasteiger partial charge is 0.305 e. The summed E-state index contributed by atoms with van der Waals surface area (Å²) in [6.45, 7) is 2.41. The molecule has 0 unspecified atom stereocenters. The van der Waals surface area contributed by atoms with Gasteiger partial charge in [-0.1, -0.05) is 35.9 Å². The number of pyridine rings is 1. The van der Waals surface area contributed by atoms with E-state index in [4.69, 9.17) is 16.7 Å². The van der Waals surface area contributed by atoms with E-state index in [1.165, 1.54) is 11.1 Å². The molecule has 2 aromatic rings. The highest BCUT2D eigenvalue weighted by Gasteiger charge is 2.18.